The summed E-state index contributed by atoms with van der Waals surface area (Å²) in [7, 11) is 1.62. The van der Waals surface area contributed by atoms with Crippen LogP contribution in [0.2, 0.25) is 0 Å². The van der Waals surface area contributed by atoms with E-state index in [9.17, 15) is 14.9 Å². The van der Waals surface area contributed by atoms with Crippen LogP contribution >= 0.6 is 0 Å². The van der Waals surface area contributed by atoms with E-state index in [1.54, 1.807) is 26.1 Å². The summed E-state index contributed by atoms with van der Waals surface area (Å²) in [6.07, 6.45) is 1.46. The molecule has 1 fully saturated rings. The van der Waals surface area contributed by atoms with E-state index in [4.69, 9.17) is 9.47 Å². The molecule has 0 bridgehead atoms. The minimum absolute atomic E-state index is 0.00715. The highest BCUT2D eigenvalue weighted by molar-refractivity contribution is 5.95. The van der Waals surface area contributed by atoms with Crippen molar-refractivity contribution in [1.29, 1.82) is 0 Å². The van der Waals surface area contributed by atoms with Crippen LogP contribution in [0.4, 0.5) is 11.4 Å². The SMILES string of the molecule is C[C@H](OC[C@H]1CCCO1)C(=O)N(C)c1ccc([N+](=O)[O-])cc1. The molecule has 1 aliphatic heterocycles. The van der Waals surface area contributed by atoms with Crippen molar-refractivity contribution in [2.24, 2.45) is 0 Å². The summed E-state index contributed by atoms with van der Waals surface area (Å²) in [5.41, 5.74) is 0.579. The van der Waals surface area contributed by atoms with Gasteiger partial charge in [0.05, 0.1) is 17.6 Å². The number of ether oxygens (including phenoxy) is 2. The summed E-state index contributed by atoms with van der Waals surface area (Å²) in [6.45, 7) is 2.85. The molecule has 1 saturated heterocycles. The number of rotatable bonds is 6. The molecule has 1 aromatic rings. The van der Waals surface area contributed by atoms with Crippen LogP contribution in [-0.4, -0.2) is 43.3 Å². The van der Waals surface area contributed by atoms with Gasteiger partial charge < -0.3 is 14.4 Å². The number of likely N-dealkylation sites (N-methyl/N-ethyl adjacent to an activating group) is 1. The Balaban J connectivity index is 1.90. The number of hydrogen-bond acceptors (Lipinski definition) is 5. The van der Waals surface area contributed by atoms with Gasteiger partial charge in [0, 0.05) is 31.5 Å². The lowest BCUT2D eigenvalue weighted by Crippen LogP contribution is -2.37. The fourth-order valence-corrected chi connectivity index (χ4v) is 2.30. The number of amides is 1. The van der Waals surface area contributed by atoms with Crippen molar-refractivity contribution in [2.75, 3.05) is 25.2 Å². The van der Waals surface area contributed by atoms with Crippen LogP contribution in [0.3, 0.4) is 0 Å². The molecule has 22 heavy (non-hydrogen) atoms. The minimum atomic E-state index is -0.593. The van der Waals surface area contributed by atoms with Gasteiger partial charge in [-0.25, -0.2) is 0 Å². The largest absolute Gasteiger partial charge is 0.376 e. The minimum Gasteiger partial charge on any atom is -0.376 e. The molecular formula is C15H20N2O5. The lowest BCUT2D eigenvalue weighted by atomic mass is 10.2. The Bertz CT molecular complexity index is 525. The highest BCUT2D eigenvalue weighted by Gasteiger charge is 2.23. The summed E-state index contributed by atoms with van der Waals surface area (Å²) in [5.74, 6) is -0.202. The molecule has 0 aromatic heterocycles. The van der Waals surface area contributed by atoms with E-state index in [0.29, 0.717) is 12.3 Å². The Morgan fingerprint density at radius 2 is 2.18 bits per heavy atom. The molecule has 1 aromatic carbocycles. The van der Waals surface area contributed by atoms with Gasteiger partial charge in [-0.15, -0.1) is 0 Å². The molecular weight excluding hydrogens is 288 g/mol. The van der Waals surface area contributed by atoms with Gasteiger partial charge in [-0.05, 0) is 31.9 Å². The van der Waals surface area contributed by atoms with Gasteiger partial charge in [-0.1, -0.05) is 0 Å². The third kappa shape index (κ3) is 4.02. The lowest BCUT2D eigenvalue weighted by molar-refractivity contribution is -0.384. The van der Waals surface area contributed by atoms with E-state index < -0.39 is 11.0 Å². The Kier molecular flexibility index (Phi) is 5.46. The highest BCUT2D eigenvalue weighted by Crippen LogP contribution is 2.19. The fourth-order valence-electron chi connectivity index (χ4n) is 2.30. The number of nitro benzene ring substituents is 1. The standard InChI is InChI=1S/C15H20N2O5/c1-11(22-10-14-4-3-9-21-14)15(18)16(2)12-5-7-13(8-6-12)17(19)20/h5-8,11,14H,3-4,9-10H2,1-2H3/t11-,14+/m0/s1. The number of hydrogen-bond donors (Lipinski definition) is 0. The van der Waals surface area contributed by atoms with Crippen LogP contribution in [0.15, 0.2) is 24.3 Å². The molecule has 7 nitrogen and oxygen atoms in total. The maximum Gasteiger partial charge on any atom is 0.269 e. The molecule has 1 heterocycles. The molecule has 0 radical (unpaired) electrons. The van der Waals surface area contributed by atoms with E-state index in [1.807, 2.05) is 0 Å². The van der Waals surface area contributed by atoms with Crippen LogP contribution in [-0.2, 0) is 14.3 Å². The molecule has 0 spiro atoms. The zero-order valence-electron chi connectivity index (χ0n) is 12.7. The van der Waals surface area contributed by atoms with Crippen molar-refractivity contribution >= 4 is 17.3 Å². The molecule has 2 atom stereocenters. The first-order valence-corrected chi connectivity index (χ1v) is 7.24. The Morgan fingerprint density at radius 3 is 2.73 bits per heavy atom. The van der Waals surface area contributed by atoms with Crippen molar-refractivity contribution < 1.29 is 19.2 Å². The first-order valence-electron chi connectivity index (χ1n) is 7.24. The number of nitrogens with zero attached hydrogens (tertiary/aromatic N) is 2. The zero-order chi connectivity index (χ0) is 16.1. The third-order valence-electron chi connectivity index (χ3n) is 3.68. The Labute approximate surface area is 129 Å². The summed E-state index contributed by atoms with van der Waals surface area (Å²) in [6, 6.07) is 5.83. The predicted octanol–water partition coefficient (Wildman–Crippen LogP) is 2.14. The van der Waals surface area contributed by atoms with E-state index in [2.05, 4.69) is 0 Å². The van der Waals surface area contributed by atoms with Gasteiger partial charge in [-0.3, -0.25) is 14.9 Å². The number of carbonyl (C=O) groups excluding carboxylic acids is 1. The van der Waals surface area contributed by atoms with Gasteiger partial charge >= 0.3 is 0 Å². The van der Waals surface area contributed by atoms with Crippen molar-refractivity contribution in [3.05, 3.63) is 34.4 Å². The highest BCUT2D eigenvalue weighted by atomic mass is 16.6. The van der Waals surface area contributed by atoms with E-state index >= 15 is 0 Å². The third-order valence-corrected chi connectivity index (χ3v) is 3.68. The fraction of sp³-hybridized carbons (Fsp3) is 0.533. The molecule has 1 amide bonds. The molecule has 7 heteroatoms. The van der Waals surface area contributed by atoms with Crippen LogP contribution in [0.25, 0.3) is 0 Å². The first-order chi connectivity index (χ1) is 10.5. The van der Waals surface area contributed by atoms with E-state index in [1.165, 1.54) is 17.0 Å². The van der Waals surface area contributed by atoms with Crippen molar-refractivity contribution in [3.8, 4) is 0 Å². The summed E-state index contributed by atoms with van der Waals surface area (Å²) in [4.78, 5) is 23.9. The number of benzene rings is 1. The van der Waals surface area contributed by atoms with Crippen LogP contribution < -0.4 is 4.90 Å². The summed E-state index contributed by atoms with van der Waals surface area (Å²) >= 11 is 0. The van der Waals surface area contributed by atoms with Crippen molar-refractivity contribution in [2.45, 2.75) is 32.0 Å². The number of anilines is 1. The average molecular weight is 308 g/mol. The van der Waals surface area contributed by atoms with Gasteiger partial charge in [0.25, 0.3) is 11.6 Å². The molecule has 1 aliphatic rings. The van der Waals surface area contributed by atoms with E-state index in [-0.39, 0.29) is 17.7 Å². The number of nitro groups is 1. The second kappa shape index (κ2) is 7.33. The monoisotopic (exact) mass is 308 g/mol. The quantitative estimate of drug-likeness (QED) is 0.594. The summed E-state index contributed by atoms with van der Waals surface area (Å²) < 4.78 is 11.0. The Morgan fingerprint density at radius 1 is 1.50 bits per heavy atom. The molecule has 0 saturated carbocycles. The van der Waals surface area contributed by atoms with Crippen molar-refractivity contribution in [3.63, 3.8) is 0 Å². The average Bonchev–Trinajstić information content (AvgIpc) is 3.04. The molecule has 0 unspecified atom stereocenters. The number of carbonyl (C=O) groups is 1. The first kappa shape index (κ1) is 16.4. The lowest BCUT2D eigenvalue weighted by Gasteiger charge is -2.22. The predicted molar refractivity (Wildman–Crippen MR) is 80.9 cm³/mol. The summed E-state index contributed by atoms with van der Waals surface area (Å²) in [5, 5.41) is 10.6. The van der Waals surface area contributed by atoms with Crippen LogP contribution in [0.5, 0.6) is 0 Å². The van der Waals surface area contributed by atoms with Gasteiger partial charge in [0.1, 0.15) is 6.10 Å². The van der Waals surface area contributed by atoms with Crippen LogP contribution in [0.1, 0.15) is 19.8 Å². The molecule has 120 valence electrons. The molecule has 2 rings (SSSR count). The Hall–Kier alpha value is -1.99. The molecule has 0 aliphatic carbocycles. The van der Waals surface area contributed by atoms with Crippen molar-refractivity contribution in [1.82, 2.24) is 0 Å². The second-order valence-corrected chi connectivity index (χ2v) is 5.28. The van der Waals surface area contributed by atoms with Gasteiger partial charge in [-0.2, -0.15) is 0 Å². The topological polar surface area (TPSA) is 81.9 Å². The zero-order valence-corrected chi connectivity index (χ0v) is 12.7. The maximum atomic E-state index is 12.3. The normalized spacial score (nSPS) is 18.9. The van der Waals surface area contributed by atoms with Gasteiger partial charge in [0.15, 0.2) is 0 Å². The van der Waals surface area contributed by atoms with Crippen LogP contribution in [0, 0.1) is 10.1 Å². The van der Waals surface area contributed by atoms with E-state index in [0.717, 1.165) is 19.4 Å². The maximum absolute atomic E-state index is 12.3. The molecule has 0 N–H and O–H groups in total. The second-order valence-electron chi connectivity index (χ2n) is 5.28. The van der Waals surface area contributed by atoms with Gasteiger partial charge in [0.2, 0.25) is 0 Å². The number of non-ortho nitro benzene ring substituents is 1. The smallest absolute Gasteiger partial charge is 0.269 e.